The van der Waals surface area contributed by atoms with E-state index in [1.807, 2.05) is 0 Å². The molecule has 4 nitrogen and oxygen atoms in total. The molecule has 1 fully saturated rings. The molecule has 2 unspecified atom stereocenters. The molecule has 0 spiro atoms. The lowest BCUT2D eigenvalue weighted by Gasteiger charge is -2.28. The minimum absolute atomic E-state index is 0.00617. The SMILES string of the molecule is CC(C)c1nsc(NC2(C)CCOC2C)n1. The Bertz CT molecular complexity index is 366. The maximum atomic E-state index is 5.59. The van der Waals surface area contributed by atoms with Crippen LogP contribution in [0.3, 0.4) is 0 Å². The van der Waals surface area contributed by atoms with E-state index in [0.717, 1.165) is 24.0 Å². The molecule has 0 radical (unpaired) electrons. The van der Waals surface area contributed by atoms with Crippen LogP contribution < -0.4 is 5.32 Å². The molecule has 1 saturated heterocycles. The summed E-state index contributed by atoms with van der Waals surface area (Å²) in [5.74, 6) is 1.31. The Morgan fingerprint density at radius 3 is 2.81 bits per heavy atom. The van der Waals surface area contributed by atoms with Crippen molar-refractivity contribution in [2.45, 2.75) is 51.7 Å². The maximum Gasteiger partial charge on any atom is 0.203 e. The van der Waals surface area contributed by atoms with E-state index in [0.29, 0.717) is 5.92 Å². The number of nitrogens with zero attached hydrogens (tertiary/aromatic N) is 2. The van der Waals surface area contributed by atoms with Crippen molar-refractivity contribution in [3.05, 3.63) is 5.82 Å². The Kier molecular flexibility index (Phi) is 3.17. The molecule has 16 heavy (non-hydrogen) atoms. The van der Waals surface area contributed by atoms with Gasteiger partial charge in [0.2, 0.25) is 5.13 Å². The van der Waals surface area contributed by atoms with E-state index in [2.05, 4.69) is 42.4 Å². The second-order valence-corrected chi connectivity index (χ2v) is 5.67. The molecule has 90 valence electrons. The van der Waals surface area contributed by atoms with Gasteiger partial charge in [-0.1, -0.05) is 13.8 Å². The Labute approximate surface area is 101 Å². The maximum absolute atomic E-state index is 5.59. The van der Waals surface area contributed by atoms with Gasteiger partial charge < -0.3 is 10.1 Å². The van der Waals surface area contributed by atoms with Crippen molar-refractivity contribution in [1.29, 1.82) is 0 Å². The topological polar surface area (TPSA) is 47.0 Å². The molecule has 1 aromatic rings. The second kappa shape index (κ2) is 4.30. The van der Waals surface area contributed by atoms with Crippen LogP contribution in [0.25, 0.3) is 0 Å². The van der Waals surface area contributed by atoms with Crippen LogP contribution in [-0.4, -0.2) is 27.6 Å². The van der Waals surface area contributed by atoms with E-state index in [4.69, 9.17) is 4.74 Å². The molecule has 0 aliphatic carbocycles. The fourth-order valence-electron chi connectivity index (χ4n) is 1.76. The largest absolute Gasteiger partial charge is 0.376 e. The third-order valence-corrected chi connectivity index (χ3v) is 3.88. The third-order valence-electron chi connectivity index (χ3n) is 3.24. The predicted octanol–water partition coefficient (Wildman–Crippen LogP) is 2.64. The summed E-state index contributed by atoms with van der Waals surface area (Å²) in [5, 5.41) is 4.37. The number of hydrogen-bond donors (Lipinski definition) is 1. The second-order valence-electron chi connectivity index (χ2n) is 4.92. The minimum atomic E-state index is -0.00617. The van der Waals surface area contributed by atoms with Gasteiger partial charge in [0, 0.05) is 24.1 Å². The van der Waals surface area contributed by atoms with Gasteiger partial charge in [0.1, 0.15) is 5.82 Å². The van der Waals surface area contributed by atoms with Crippen LogP contribution in [0.5, 0.6) is 0 Å². The van der Waals surface area contributed by atoms with Gasteiger partial charge in [-0.25, -0.2) is 4.98 Å². The van der Waals surface area contributed by atoms with Crippen molar-refractivity contribution in [2.24, 2.45) is 0 Å². The smallest absolute Gasteiger partial charge is 0.203 e. The lowest BCUT2D eigenvalue weighted by atomic mass is 9.95. The van der Waals surface area contributed by atoms with Crippen LogP contribution in [0.1, 0.15) is 45.9 Å². The average molecular weight is 241 g/mol. The van der Waals surface area contributed by atoms with Crippen molar-refractivity contribution in [2.75, 3.05) is 11.9 Å². The summed E-state index contributed by atoms with van der Waals surface area (Å²) < 4.78 is 9.93. The van der Waals surface area contributed by atoms with Gasteiger partial charge in [0.25, 0.3) is 0 Å². The van der Waals surface area contributed by atoms with Crippen molar-refractivity contribution in [3.8, 4) is 0 Å². The van der Waals surface area contributed by atoms with Crippen molar-refractivity contribution in [1.82, 2.24) is 9.36 Å². The first-order valence-corrected chi connectivity index (χ1v) is 6.52. The molecule has 1 aromatic heterocycles. The standard InChI is InChI=1S/C11H19N3OS/c1-7(2)9-12-10(16-14-9)13-11(4)5-6-15-8(11)3/h7-8H,5-6H2,1-4H3,(H,12,13,14). The van der Waals surface area contributed by atoms with Gasteiger partial charge in [-0.15, -0.1) is 0 Å². The fraction of sp³-hybridized carbons (Fsp3) is 0.818. The zero-order valence-corrected chi connectivity index (χ0v) is 11.1. The summed E-state index contributed by atoms with van der Waals surface area (Å²) in [5.41, 5.74) is -0.00617. The summed E-state index contributed by atoms with van der Waals surface area (Å²) >= 11 is 1.44. The Hall–Kier alpha value is -0.680. The minimum Gasteiger partial charge on any atom is -0.376 e. The van der Waals surface area contributed by atoms with E-state index in [-0.39, 0.29) is 11.6 Å². The van der Waals surface area contributed by atoms with Crippen LogP contribution in [-0.2, 0) is 4.74 Å². The van der Waals surface area contributed by atoms with Crippen LogP contribution in [0.4, 0.5) is 5.13 Å². The molecule has 0 aromatic carbocycles. The lowest BCUT2D eigenvalue weighted by molar-refractivity contribution is 0.105. The summed E-state index contributed by atoms with van der Waals surface area (Å²) in [4.78, 5) is 4.49. The van der Waals surface area contributed by atoms with Gasteiger partial charge in [-0.2, -0.15) is 4.37 Å². The summed E-state index contributed by atoms with van der Waals surface area (Å²) in [7, 11) is 0. The summed E-state index contributed by atoms with van der Waals surface area (Å²) in [6, 6.07) is 0. The highest BCUT2D eigenvalue weighted by atomic mass is 32.1. The number of aromatic nitrogens is 2. The molecule has 0 bridgehead atoms. The molecule has 1 aliphatic rings. The van der Waals surface area contributed by atoms with E-state index in [1.165, 1.54) is 11.5 Å². The fourth-order valence-corrected chi connectivity index (χ4v) is 2.61. The molecule has 0 saturated carbocycles. The van der Waals surface area contributed by atoms with E-state index in [1.54, 1.807) is 0 Å². The Morgan fingerprint density at radius 1 is 1.56 bits per heavy atom. The molecule has 2 atom stereocenters. The number of rotatable bonds is 3. The Morgan fingerprint density at radius 2 is 2.31 bits per heavy atom. The van der Waals surface area contributed by atoms with Gasteiger partial charge in [-0.3, -0.25) is 0 Å². The molecule has 2 heterocycles. The van der Waals surface area contributed by atoms with Crippen molar-refractivity contribution in [3.63, 3.8) is 0 Å². The van der Waals surface area contributed by atoms with Gasteiger partial charge in [-0.05, 0) is 20.3 Å². The summed E-state index contributed by atoms with van der Waals surface area (Å²) in [6.45, 7) is 9.32. The van der Waals surface area contributed by atoms with Crippen LogP contribution in [0, 0.1) is 0 Å². The average Bonchev–Trinajstić information content (AvgIpc) is 2.76. The predicted molar refractivity (Wildman–Crippen MR) is 66.1 cm³/mol. The van der Waals surface area contributed by atoms with Crippen LogP contribution in [0.2, 0.25) is 0 Å². The summed E-state index contributed by atoms with van der Waals surface area (Å²) in [6.07, 6.45) is 1.24. The van der Waals surface area contributed by atoms with Crippen LogP contribution >= 0.6 is 11.5 Å². The number of hydrogen-bond acceptors (Lipinski definition) is 5. The monoisotopic (exact) mass is 241 g/mol. The first kappa shape index (κ1) is 11.8. The number of nitrogens with one attached hydrogen (secondary N) is 1. The van der Waals surface area contributed by atoms with Crippen molar-refractivity contribution >= 4 is 16.7 Å². The van der Waals surface area contributed by atoms with Crippen LogP contribution in [0.15, 0.2) is 0 Å². The lowest BCUT2D eigenvalue weighted by Crippen LogP contribution is -2.41. The molecular formula is C11H19N3OS. The van der Waals surface area contributed by atoms with E-state index < -0.39 is 0 Å². The zero-order chi connectivity index (χ0) is 11.8. The van der Waals surface area contributed by atoms with Crippen molar-refractivity contribution < 1.29 is 4.74 Å². The zero-order valence-electron chi connectivity index (χ0n) is 10.3. The first-order valence-electron chi connectivity index (χ1n) is 5.74. The highest BCUT2D eigenvalue weighted by Gasteiger charge is 2.37. The molecule has 0 amide bonds. The molecule has 1 N–H and O–H groups in total. The molecule has 5 heteroatoms. The number of anilines is 1. The highest BCUT2D eigenvalue weighted by molar-refractivity contribution is 7.09. The van der Waals surface area contributed by atoms with Gasteiger partial charge >= 0.3 is 0 Å². The van der Waals surface area contributed by atoms with Gasteiger partial charge in [0.15, 0.2) is 0 Å². The van der Waals surface area contributed by atoms with E-state index in [9.17, 15) is 0 Å². The molecule has 2 rings (SSSR count). The van der Waals surface area contributed by atoms with Gasteiger partial charge in [0.05, 0.1) is 11.6 Å². The third kappa shape index (κ3) is 2.20. The first-order chi connectivity index (χ1) is 7.51. The Balaban J connectivity index is 2.08. The quantitative estimate of drug-likeness (QED) is 0.883. The van der Waals surface area contributed by atoms with E-state index >= 15 is 0 Å². The molecular weight excluding hydrogens is 222 g/mol. The highest BCUT2D eigenvalue weighted by Crippen LogP contribution is 2.30. The molecule has 1 aliphatic heterocycles. The normalized spacial score (nSPS) is 29.9. The number of ether oxygens (including phenoxy) is 1.